The first-order valence-electron chi connectivity index (χ1n) is 18.7. The molecule has 4 aliphatic rings. The molecule has 3 fully saturated rings. The van der Waals surface area contributed by atoms with E-state index in [0.29, 0.717) is 37.1 Å². The molecule has 1 aromatic heterocycles. The number of nitrogens with zero attached hydrogens (tertiary/aromatic N) is 2. The van der Waals surface area contributed by atoms with Crippen molar-refractivity contribution in [3.05, 3.63) is 29.0 Å². The van der Waals surface area contributed by atoms with E-state index in [1.807, 2.05) is 20.8 Å². The van der Waals surface area contributed by atoms with Gasteiger partial charge in [-0.2, -0.15) is 4.31 Å². The van der Waals surface area contributed by atoms with Crippen LogP contribution < -0.4 is 21.3 Å². The van der Waals surface area contributed by atoms with Gasteiger partial charge in [0.05, 0.1) is 10.9 Å². The zero-order chi connectivity index (χ0) is 38.0. The Bertz CT molecular complexity index is 1650. The standard InChI is InChI=1S/C37H56N6O7S2/c1-7-18-38-33(46)31(44)24-15-13-11-9-8-10-12-14-16-25(34(47)43-20-23-29(37(23,5)6)30(43)32(45)39-24)40-35(48)41-28(36(2,3)4)22-42-21-26-27(17-19-51-26)52(42,49)50/h7,17,19,23-25,28-30H,1,8-16,18,20-22H2,2-6H3,(H,38,46)(H,39,45)(H2,40,41,48)/t23-,24+,25+,28-,29-,30+/m1/s1. The van der Waals surface area contributed by atoms with E-state index < -0.39 is 63.2 Å². The van der Waals surface area contributed by atoms with Crippen LogP contribution in [-0.2, 0) is 35.7 Å². The molecular weight excluding hydrogens is 705 g/mol. The largest absolute Gasteiger partial charge is 0.346 e. The van der Waals surface area contributed by atoms with E-state index in [9.17, 15) is 32.4 Å². The van der Waals surface area contributed by atoms with Crippen molar-refractivity contribution in [1.29, 1.82) is 0 Å². The Balaban J connectivity index is 1.34. The number of amides is 5. The van der Waals surface area contributed by atoms with Gasteiger partial charge in [0.1, 0.15) is 12.1 Å². The second-order valence-corrected chi connectivity index (χ2v) is 19.4. The monoisotopic (exact) mass is 760 g/mol. The molecule has 0 bridgehead atoms. The van der Waals surface area contributed by atoms with Crippen molar-refractivity contribution < 1.29 is 32.4 Å². The van der Waals surface area contributed by atoms with E-state index in [-0.39, 0.29) is 42.8 Å². The number of Topliss-reactive ketones (excluding diaryl/α,β-unsaturated/α-hetero) is 1. The van der Waals surface area contributed by atoms with Gasteiger partial charge < -0.3 is 26.2 Å². The lowest BCUT2D eigenvalue weighted by atomic mass is 9.86. The molecule has 3 aliphatic heterocycles. The van der Waals surface area contributed by atoms with Crippen molar-refractivity contribution in [1.82, 2.24) is 30.5 Å². The Kier molecular flexibility index (Phi) is 12.3. The summed E-state index contributed by atoms with van der Waals surface area (Å²) < 4.78 is 27.9. The molecule has 4 N–H and O–H groups in total. The van der Waals surface area contributed by atoms with Crippen LogP contribution >= 0.6 is 11.3 Å². The normalized spacial score (nSPS) is 28.4. The van der Waals surface area contributed by atoms with Crippen LogP contribution in [0.3, 0.4) is 0 Å². The number of thiophene rings is 1. The first-order chi connectivity index (χ1) is 24.5. The van der Waals surface area contributed by atoms with Gasteiger partial charge in [-0.3, -0.25) is 19.2 Å². The molecule has 0 unspecified atom stereocenters. The number of sulfonamides is 1. The van der Waals surface area contributed by atoms with Crippen molar-refractivity contribution in [2.45, 2.75) is 128 Å². The average molecular weight is 761 g/mol. The summed E-state index contributed by atoms with van der Waals surface area (Å²) in [4.78, 5) is 70.9. The maximum atomic E-state index is 14.4. The molecule has 0 spiro atoms. The van der Waals surface area contributed by atoms with Gasteiger partial charge in [-0.25, -0.2) is 13.2 Å². The molecule has 0 radical (unpaired) electrons. The number of hydrogen-bond donors (Lipinski definition) is 4. The van der Waals surface area contributed by atoms with Gasteiger partial charge >= 0.3 is 6.03 Å². The molecule has 52 heavy (non-hydrogen) atoms. The lowest BCUT2D eigenvalue weighted by molar-refractivity contribution is -0.144. The van der Waals surface area contributed by atoms with Gasteiger partial charge in [0.15, 0.2) is 0 Å². The van der Waals surface area contributed by atoms with E-state index in [4.69, 9.17) is 0 Å². The van der Waals surface area contributed by atoms with Crippen molar-refractivity contribution in [3.8, 4) is 0 Å². The molecule has 5 amide bonds. The molecule has 1 aliphatic carbocycles. The van der Waals surface area contributed by atoms with Crippen LogP contribution in [0.25, 0.3) is 0 Å². The van der Waals surface area contributed by atoms with E-state index in [0.717, 1.165) is 37.0 Å². The minimum absolute atomic E-state index is 0.0670. The second-order valence-electron chi connectivity index (χ2n) is 16.5. The number of rotatable bonds is 8. The Morgan fingerprint density at radius 1 is 1.08 bits per heavy atom. The predicted molar refractivity (Wildman–Crippen MR) is 199 cm³/mol. The third-order valence-electron chi connectivity index (χ3n) is 11.5. The number of fused-ring (bicyclic) bond motifs is 4. The van der Waals surface area contributed by atoms with Crippen molar-refractivity contribution >= 4 is 50.9 Å². The molecule has 2 saturated heterocycles. The van der Waals surface area contributed by atoms with Gasteiger partial charge in [0.2, 0.25) is 27.6 Å². The fraction of sp³-hybridized carbons (Fsp3) is 0.703. The fourth-order valence-corrected chi connectivity index (χ4v) is 11.0. The van der Waals surface area contributed by atoms with E-state index in [2.05, 4.69) is 41.7 Å². The van der Waals surface area contributed by atoms with Gasteiger partial charge in [-0.1, -0.05) is 85.6 Å². The van der Waals surface area contributed by atoms with E-state index in [1.165, 1.54) is 21.7 Å². The Hall–Kier alpha value is -3.30. The highest BCUT2D eigenvalue weighted by Gasteiger charge is 2.69. The summed E-state index contributed by atoms with van der Waals surface area (Å²) >= 11 is 1.39. The van der Waals surface area contributed by atoms with Crippen LogP contribution in [-0.4, -0.2) is 91.0 Å². The first kappa shape index (κ1) is 39.9. The third kappa shape index (κ3) is 8.57. The molecule has 288 valence electrons. The Morgan fingerprint density at radius 3 is 2.37 bits per heavy atom. The number of urea groups is 1. The summed E-state index contributed by atoms with van der Waals surface area (Å²) in [5.41, 5.74) is -0.713. The summed E-state index contributed by atoms with van der Waals surface area (Å²) in [5.74, 6) is -2.40. The zero-order valence-electron chi connectivity index (χ0n) is 31.2. The minimum atomic E-state index is -3.68. The number of hydrogen-bond acceptors (Lipinski definition) is 8. The molecule has 1 aromatic rings. The van der Waals surface area contributed by atoms with Crippen LogP contribution in [0.5, 0.6) is 0 Å². The molecule has 13 nitrogen and oxygen atoms in total. The predicted octanol–water partition coefficient (Wildman–Crippen LogP) is 3.70. The highest BCUT2D eigenvalue weighted by molar-refractivity contribution is 7.89. The van der Waals surface area contributed by atoms with Crippen molar-refractivity contribution in [3.63, 3.8) is 0 Å². The molecule has 4 heterocycles. The molecule has 0 aromatic carbocycles. The van der Waals surface area contributed by atoms with Crippen LogP contribution in [0, 0.1) is 22.7 Å². The fourth-order valence-electron chi connectivity index (χ4n) is 8.11. The summed E-state index contributed by atoms with van der Waals surface area (Å²) in [7, 11) is -3.68. The maximum absolute atomic E-state index is 14.4. The van der Waals surface area contributed by atoms with Crippen LogP contribution in [0.15, 0.2) is 29.0 Å². The molecule has 5 rings (SSSR count). The third-order valence-corrected chi connectivity index (χ3v) is 14.4. The smallest absolute Gasteiger partial charge is 0.315 e. The highest BCUT2D eigenvalue weighted by Crippen LogP contribution is 2.65. The summed E-state index contributed by atoms with van der Waals surface area (Å²) in [6.07, 6.45) is 8.10. The van der Waals surface area contributed by atoms with E-state index >= 15 is 0 Å². The second kappa shape index (κ2) is 16.0. The molecule has 6 atom stereocenters. The number of carbonyl (C=O) groups excluding carboxylic acids is 5. The summed E-state index contributed by atoms with van der Waals surface area (Å²) in [6.45, 7) is 14.3. The van der Waals surface area contributed by atoms with Crippen LogP contribution in [0.4, 0.5) is 4.79 Å². The first-order valence-corrected chi connectivity index (χ1v) is 21.0. The number of piperidine rings is 1. The lowest BCUT2D eigenvalue weighted by Gasteiger charge is -2.36. The summed E-state index contributed by atoms with van der Waals surface area (Å²) in [6, 6.07) is -2.35. The Morgan fingerprint density at radius 2 is 1.73 bits per heavy atom. The van der Waals surface area contributed by atoms with Crippen molar-refractivity contribution in [2.75, 3.05) is 19.6 Å². The zero-order valence-corrected chi connectivity index (χ0v) is 32.8. The SMILES string of the molecule is C=CCNC(=O)C(=O)[C@@H]1CCCCCCCCC[C@H](NC(=O)N[C@H](CN2Cc3sccc3S2(=O)=O)C(C)(C)C)C(=O)N2C[C@@H]3[C@H]([C@H]2C(=O)N1)C3(C)C. The quantitative estimate of drug-likeness (QED) is 0.231. The average Bonchev–Trinajstić information content (AvgIpc) is 3.53. The van der Waals surface area contributed by atoms with Crippen LogP contribution in [0.1, 0.15) is 97.3 Å². The van der Waals surface area contributed by atoms with Gasteiger partial charge in [-0.05, 0) is 47.0 Å². The molecular formula is C37H56N6O7S2. The topological polar surface area (TPSA) is 174 Å². The highest BCUT2D eigenvalue weighted by atomic mass is 32.2. The minimum Gasteiger partial charge on any atom is -0.346 e. The van der Waals surface area contributed by atoms with E-state index in [1.54, 1.807) is 16.3 Å². The van der Waals surface area contributed by atoms with Crippen molar-refractivity contribution in [2.24, 2.45) is 22.7 Å². The molecule has 15 heteroatoms. The number of carbonyl (C=O) groups is 5. The van der Waals surface area contributed by atoms with Gasteiger partial charge in [-0.15, -0.1) is 17.9 Å². The lowest BCUT2D eigenvalue weighted by Crippen LogP contribution is -2.60. The summed E-state index contributed by atoms with van der Waals surface area (Å²) in [5, 5.41) is 13.1. The van der Waals surface area contributed by atoms with Gasteiger partial charge in [0, 0.05) is 37.1 Å². The number of ketones is 1. The molecule has 1 saturated carbocycles. The number of nitrogens with one attached hydrogen (secondary N) is 4. The van der Waals surface area contributed by atoms with Gasteiger partial charge in [0.25, 0.3) is 5.91 Å². The maximum Gasteiger partial charge on any atom is 0.315 e. The Labute approximate surface area is 312 Å². The van der Waals surface area contributed by atoms with Crippen LogP contribution in [0.2, 0.25) is 0 Å².